The van der Waals surface area contributed by atoms with Gasteiger partial charge in [0.2, 0.25) is 0 Å². The maximum absolute atomic E-state index is 12.6. The number of anilines is 1. The number of aromatic nitrogens is 1. The number of carboxylic acids is 1. The number of carbonyl (C=O) groups is 2. The summed E-state index contributed by atoms with van der Waals surface area (Å²) in [7, 11) is 0. The van der Waals surface area contributed by atoms with Crippen molar-refractivity contribution in [2.24, 2.45) is 0 Å². The molecular formula is C21H18N2O3. The topological polar surface area (TPSA) is 71.3 Å². The standard InChI is InChI=1S/C21H18N2O3/c24-20(25)12-11-16-8-4-9-18(14-16)22-21(26)19-10-5-13-23(19)15-17-6-2-1-3-7-17/h1-14H,15H2,(H,22,26)(H,24,25)/b12-11+. The number of benzene rings is 2. The van der Waals surface area contributed by atoms with Crippen LogP contribution in [0.1, 0.15) is 21.6 Å². The van der Waals surface area contributed by atoms with Crippen LogP contribution in [-0.4, -0.2) is 21.6 Å². The molecule has 0 aliphatic rings. The molecule has 5 nitrogen and oxygen atoms in total. The second-order valence-corrected chi connectivity index (χ2v) is 5.76. The molecule has 0 radical (unpaired) electrons. The first-order valence-corrected chi connectivity index (χ1v) is 8.13. The lowest BCUT2D eigenvalue weighted by Gasteiger charge is -2.10. The van der Waals surface area contributed by atoms with Crippen LogP contribution in [0.3, 0.4) is 0 Å². The van der Waals surface area contributed by atoms with Gasteiger partial charge in [0, 0.05) is 24.5 Å². The zero-order valence-electron chi connectivity index (χ0n) is 14.0. The molecule has 5 heteroatoms. The van der Waals surface area contributed by atoms with E-state index in [0.29, 0.717) is 23.5 Å². The largest absolute Gasteiger partial charge is 0.478 e. The summed E-state index contributed by atoms with van der Waals surface area (Å²) in [6.07, 6.45) is 4.41. The molecule has 2 N–H and O–H groups in total. The summed E-state index contributed by atoms with van der Waals surface area (Å²) in [4.78, 5) is 23.2. The van der Waals surface area contributed by atoms with Gasteiger partial charge in [-0.3, -0.25) is 4.79 Å². The molecular weight excluding hydrogens is 328 g/mol. The van der Waals surface area contributed by atoms with Crippen LogP contribution >= 0.6 is 0 Å². The molecule has 1 heterocycles. The summed E-state index contributed by atoms with van der Waals surface area (Å²) in [5.74, 6) is -1.23. The smallest absolute Gasteiger partial charge is 0.328 e. The molecule has 1 aromatic heterocycles. The number of carboxylic acid groups (broad SMARTS) is 1. The normalized spacial score (nSPS) is 10.8. The van der Waals surface area contributed by atoms with E-state index in [4.69, 9.17) is 5.11 Å². The first-order chi connectivity index (χ1) is 12.6. The Labute approximate surface area is 151 Å². The number of nitrogens with zero attached hydrogens (tertiary/aromatic N) is 1. The highest BCUT2D eigenvalue weighted by molar-refractivity contribution is 6.03. The van der Waals surface area contributed by atoms with Crippen molar-refractivity contribution >= 4 is 23.6 Å². The van der Waals surface area contributed by atoms with E-state index in [0.717, 1.165) is 11.6 Å². The van der Waals surface area contributed by atoms with Gasteiger partial charge in [0.25, 0.3) is 5.91 Å². The molecule has 3 rings (SSSR count). The molecule has 0 saturated heterocycles. The van der Waals surface area contributed by atoms with Gasteiger partial charge in [-0.05, 0) is 41.5 Å². The molecule has 130 valence electrons. The van der Waals surface area contributed by atoms with Crippen molar-refractivity contribution in [3.8, 4) is 0 Å². The Hall–Kier alpha value is -3.60. The number of hydrogen-bond donors (Lipinski definition) is 2. The second kappa shape index (κ2) is 7.98. The van der Waals surface area contributed by atoms with Crippen molar-refractivity contribution in [2.45, 2.75) is 6.54 Å². The van der Waals surface area contributed by atoms with Gasteiger partial charge in [0.15, 0.2) is 0 Å². The molecule has 2 aromatic carbocycles. The maximum atomic E-state index is 12.6. The van der Waals surface area contributed by atoms with Crippen molar-refractivity contribution in [3.63, 3.8) is 0 Å². The summed E-state index contributed by atoms with van der Waals surface area (Å²) in [5, 5.41) is 11.6. The number of rotatable bonds is 6. The van der Waals surface area contributed by atoms with Crippen LogP contribution in [0.2, 0.25) is 0 Å². The van der Waals surface area contributed by atoms with E-state index in [2.05, 4.69) is 5.32 Å². The Balaban J connectivity index is 1.74. The number of hydrogen-bond acceptors (Lipinski definition) is 2. The van der Waals surface area contributed by atoms with E-state index in [-0.39, 0.29) is 5.91 Å². The monoisotopic (exact) mass is 346 g/mol. The Kier molecular flexibility index (Phi) is 5.29. The summed E-state index contributed by atoms with van der Waals surface area (Å²) < 4.78 is 1.89. The summed E-state index contributed by atoms with van der Waals surface area (Å²) >= 11 is 0. The zero-order valence-corrected chi connectivity index (χ0v) is 14.0. The van der Waals surface area contributed by atoms with E-state index in [1.807, 2.05) is 47.2 Å². The fourth-order valence-corrected chi connectivity index (χ4v) is 2.62. The Bertz CT molecular complexity index is 943. The van der Waals surface area contributed by atoms with E-state index in [1.165, 1.54) is 6.08 Å². The molecule has 0 fully saturated rings. The van der Waals surface area contributed by atoms with Gasteiger partial charge >= 0.3 is 5.97 Å². The van der Waals surface area contributed by atoms with Gasteiger partial charge < -0.3 is 15.0 Å². The van der Waals surface area contributed by atoms with Crippen LogP contribution in [-0.2, 0) is 11.3 Å². The van der Waals surface area contributed by atoms with Crippen molar-refractivity contribution in [1.29, 1.82) is 0 Å². The number of nitrogens with one attached hydrogen (secondary N) is 1. The third-order valence-electron chi connectivity index (χ3n) is 3.82. The molecule has 0 atom stereocenters. The number of carbonyl (C=O) groups excluding carboxylic acids is 1. The van der Waals surface area contributed by atoms with E-state index < -0.39 is 5.97 Å². The first-order valence-electron chi connectivity index (χ1n) is 8.13. The fourth-order valence-electron chi connectivity index (χ4n) is 2.62. The average molecular weight is 346 g/mol. The maximum Gasteiger partial charge on any atom is 0.328 e. The molecule has 0 unspecified atom stereocenters. The van der Waals surface area contributed by atoms with Gasteiger partial charge in [-0.25, -0.2) is 4.79 Å². The second-order valence-electron chi connectivity index (χ2n) is 5.76. The van der Waals surface area contributed by atoms with Crippen LogP contribution < -0.4 is 5.32 Å². The zero-order chi connectivity index (χ0) is 18.4. The third-order valence-corrected chi connectivity index (χ3v) is 3.82. The molecule has 0 saturated carbocycles. The average Bonchev–Trinajstić information content (AvgIpc) is 3.09. The summed E-state index contributed by atoms with van der Waals surface area (Å²) in [5.41, 5.74) is 2.97. The van der Waals surface area contributed by atoms with Crippen LogP contribution in [0.5, 0.6) is 0 Å². The minimum Gasteiger partial charge on any atom is -0.478 e. The van der Waals surface area contributed by atoms with Crippen molar-refractivity contribution in [3.05, 3.63) is 95.8 Å². The van der Waals surface area contributed by atoms with Crippen LogP contribution in [0.25, 0.3) is 6.08 Å². The predicted octanol–water partition coefficient (Wildman–Crippen LogP) is 3.89. The van der Waals surface area contributed by atoms with E-state index in [1.54, 1.807) is 30.3 Å². The lowest BCUT2D eigenvalue weighted by atomic mass is 10.2. The van der Waals surface area contributed by atoms with E-state index >= 15 is 0 Å². The summed E-state index contributed by atoms with van der Waals surface area (Å²) in [6.45, 7) is 0.609. The minimum absolute atomic E-state index is 0.217. The molecule has 0 aliphatic carbocycles. The Morgan fingerprint density at radius 1 is 1.00 bits per heavy atom. The lowest BCUT2D eigenvalue weighted by Crippen LogP contribution is -2.17. The van der Waals surface area contributed by atoms with E-state index in [9.17, 15) is 9.59 Å². The number of amides is 1. The highest BCUT2D eigenvalue weighted by atomic mass is 16.4. The highest BCUT2D eigenvalue weighted by Crippen LogP contribution is 2.15. The first kappa shape index (κ1) is 17.2. The molecule has 1 amide bonds. The van der Waals surface area contributed by atoms with Crippen LogP contribution in [0.15, 0.2) is 79.0 Å². The fraction of sp³-hybridized carbons (Fsp3) is 0.0476. The Morgan fingerprint density at radius 3 is 2.58 bits per heavy atom. The van der Waals surface area contributed by atoms with Crippen LogP contribution in [0, 0.1) is 0 Å². The molecule has 26 heavy (non-hydrogen) atoms. The van der Waals surface area contributed by atoms with Gasteiger partial charge in [0.05, 0.1) is 0 Å². The van der Waals surface area contributed by atoms with Crippen molar-refractivity contribution < 1.29 is 14.7 Å². The molecule has 0 aliphatic heterocycles. The quantitative estimate of drug-likeness (QED) is 0.665. The minimum atomic E-state index is -1.02. The third kappa shape index (κ3) is 4.48. The van der Waals surface area contributed by atoms with Gasteiger partial charge in [-0.2, -0.15) is 0 Å². The van der Waals surface area contributed by atoms with Crippen molar-refractivity contribution in [1.82, 2.24) is 4.57 Å². The molecule has 0 bridgehead atoms. The Morgan fingerprint density at radius 2 is 1.81 bits per heavy atom. The van der Waals surface area contributed by atoms with Gasteiger partial charge in [0.1, 0.15) is 5.69 Å². The number of aliphatic carboxylic acids is 1. The van der Waals surface area contributed by atoms with Gasteiger partial charge in [-0.15, -0.1) is 0 Å². The SMILES string of the molecule is O=C(O)/C=C/c1cccc(NC(=O)c2cccn2Cc2ccccc2)c1. The molecule has 3 aromatic rings. The van der Waals surface area contributed by atoms with Gasteiger partial charge in [-0.1, -0.05) is 42.5 Å². The lowest BCUT2D eigenvalue weighted by molar-refractivity contribution is -0.131. The van der Waals surface area contributed by atoms with Crippen molar-refractivity contribution in [2.75, 3.05) is 5.32 Å². The highest BCUT2D eigenvalue weighted by Gasteiger charge is 2.11. The molecule has 0 spiro atoms. The summed E-state index contributed by atoms with van der Waals surface area (Å²) in [6, 6.07) is 20.5. The predicted molar refractivity (Wildman–Crippen MR) is 101 cm³/mol. The van der Waals surface area contributed by atoms with Crippen LogP contribution in [0.4, 0.5) is 5.69 Å².